The second-order valence-corrected chi connectivity index (χ2v) is 6.37. The van der Waals surface area contributed by atoms with Gasteiger partial charge in [-0.2, -0.15) is 5.26 Å². The lowest BCUT2D eigenvalue weighted by Gasteiger charge is -2.26. The van der Waals surface area contributed by atoms with Crippen LogP contribution >= 0.6 is 0 Å². The van der Waals surface area contributed by atoms with Gasteiger partial charge in [0.25, 0.3) is 5.69 Å². The zero-order valence-corrected chi connectivity index (χ0v) is 14.6. The van der Waals surface area contributed by atoms with E-state index in [1.807, 2.05) is 38.1 Å². The molecule has 7 nitrogen and oxygen atoms in total. The SMILES string of the molecule is CC(C)C(Nc1ccc(C#N)cc1[N+](=O)[O-])c1ccc2c(c1)OCCO2. The maximum absolute atomic E-state index is 11.4. The fourth-order valence-corrected chi connectivity index (χ4v) is 2.93. The van der Waals surface area contributed by atoms with Crippen molar-refractivity contribution in [3.63, 3.8) is 0 Å². The van der Waals surface area contributed by atoms with Crippen molar-refractivity contribution in [1.82, 2.24) is 0 Å². The van der Waals surface area contributed by atoms with E-state index in [9.17, 15) is 10.1 Å². The monoisotopic (exact) mass is 353 g/mol. The predicted molar refractivity (Wildman–Crippen MR) is 96.4 cm³/mol. The minimum absolute atomic E-state index is 0.118. The quantitative estimate of drug-likeness (QED) is 0.643. The summed E-state index contributed by atoms with van der Waals surface area (Å²) < 4.78 is 11.2. The molecule has 0 aliphatic carbocycles. The van der Waals surface area contributed by atoms with Gasteiger partial charge in [-0.05, 0) is 35.7 Å². The van der Waals surface area contributed by atoms with Crippen molar-refractivity contribution in [2.75, 3.05) is 18.5 Å². The molecule has 7 heteroatoms. The van der Waals surface area contributed by atoms with Crippen molar-refractivity contribution in [3.8, 4) is 17.6 Å². The van der Waals surface area contributed by atoms with Crippen molar-refractivity contribution in [2.45, 2.75) is 19.9 Å². The summed E-state index contributed by atoms with van der Waals surface area (Å²) in [5, 5.41) is 23.6. The molecule has 0 bridgehead atoms. The highest BCUT2D eigenvalue weighted by atomic mass is 16.6. The second-order valence-electron chi connectivity index (χ2n) is 6.37. The van der Waals surface area contributed by atoms with E-state index < -0.39 is 4.92 Å². The van der Waals surface area contributed by atoms with Crippen LogP contribution in [0, 0.1) is 27.4 Å². The normalized spacial score (nSPS) is 13.8. The highest BCUT2D eigenvalue weighted by Crippen LogP contribution is 2.37. The average molecular weight is 353 g/mol. The molecule has 2 aromatic carbocycles. The Morgan fingerprint density at radius 1 is 1.15 bits per heavy atom. The van der Waals surface area contributed by atoms with Crippen molar-refractivity contribution >= 4 is 11.4 Å². The number of rotatable bonds is 5. The molecule has 134 valence electrons. The molecular formula is C19H19N3O4. The Bertz CT molecular complexity index is 874. The van der Waals surface area contributed by atoms with Gasteiger partial charge in [0, 0.05) is 6.07 Å². The minimum Gasteiger partial charge on any atom is -0.486 e. The molecule has 0 amide bonds. The average Bonchev–Trinajstić information content (AvgIpc) is 2.65. The summed E-state index contributed by atoms with van der Waals surface area (Å²) in [5.41, 5.74) is 1.46. The third-order valence-corrected chi connectivity index (χ3v) is 4.23. The van der Waals surface area contributed by atoms with Crippen molar-refractivity contribution in [2.24, 2.45) is 5.92 Å². The molecule has 0 saturated carbocycles. The number of nitrogens with one attached hydrogen (secondary N) is 1. The van der Waals surface area contributed by atoms with Crippen LogP contribution in [0.25, 0.3) is 0 Å². The Morgan fingerprint density at radius 2 is 1.88 bits per heavy atom. The number of nitrogens with zero attached hydrogens (tertiary/aromatic N) is 2. The molecule has 26 heavy (non-hydrogen) atoms. The molecule has 0 saturated heterocycles. The lowest BCUT2D eigenvalue weighted by atomic mass is 9.95. The Kier molecular flexibility index (Phi) is 4.94. The van der Waals surface area contributed by atoms with Gasteiger partial charge in [0.15, 0.2) is 11.5 Å². The van der Waals surface area contributed by atoms with Crippen LogP contribution in [0.4, 0.5) is 11.4 Å². The first kappa shape index (κ1) is 17.5. The molecule has 1 N–H and O–H groups in total. The van der Waals surface area contributed by atoms with Crippen LogP contribution in [0.1, 0.15) is 31.0 Å². The van der Waals surface area contributed by atoms with Gasteiger partial charge in [0.05, 0.1) is 22.6 Å². The van der Waals surface area contributed by atoms with Gasteiger partial charge in [0.1, 0.15) is 18.9 Å². The third kappa shape index (κ3) is 3.54. The first-order valence-corrected chi connectivity index (χ1v) is 8.34. The molecule has 3 rings (SSSR count). The fourth-order valence-electron chi connectivity index (χ4n) is 2.93. The predicted octanol–water partition coefficient (Wildman–Crippen LogP) is 4.05. The first-order valence-electron chi connectivity index (χ1n) is 8.34. The topological polar surface area (TPSA) is 97.4 Å². The molecule has 1 unspecified atom stereocenters. The van der Waals surface area contributed by atoms with Gasteiger partial charge in [0.2, 0.25) is 0 Å². The summed E-state index contributed by atoms with van der Waals surface area (Å²) in [6.45, 7) is 5.08. The zero-order valence-electron chi connectivity index (χ0n) is 14.6. The third-order valence-electron chi connectivity index (χ3n) is 4.23. The van der Waals surface area contributed by atoms with E-state index >= 15 is 0 Å². The summed E-state index contributed by atoms with van der Waals surface area (Å²) in [7, 11) is 0. The van der Waals surface area contributed by atoms with Gasteiger partial charge in [-0.3, -0.25) is 10.1 Å². The largest absolute Gasteiger partial charge is 0.486 e. The summed E-state index contributed by atoms with van der Waals surface area (Å²) in [4.78, 5) is 10.9. The molecule has 2 aromatic rings. The van der Waals surface area contributed by atoms with Gasteiger partial charge >= 0.3 is 0 Å². The number of benzene rings is 2. The van der Waals surface area contributed by atoms with Crippen molar-refractivity contribution in [1.29, 1.82) is 5.26 Å². The summed E-state index contributed by atoms with van der Waals surface area (Å²) in [6.07, 6.45) is 0. The van der Waals surface area contributed by atoms with Gasteiger partial charge in [-0.15, -0.1) is 0 Å². The molecule has 0 spiro atoms. The van der Waals surface area contributed by atoms with Crippen molar-refractivity contribution < 1.29 is 14.4 Å². The van der Waals surface area contributed by atoms with Gasteiger partial charge in [-0.25, -0.2) is 0 Å². The highest BCUT2D eigenvalue weighted by molar-refractivity contribution is 5.65. The van der Waals surface area contributed by atoms with E-state index in [1.165, 1.54) is 6.07 Å². The van der Waals surface area contributed by atoms with Gasteiger partial charge < -0.3 is 14.8 Å². The van der Waals surface area contributed by atoms with E-state index in [2.05, 4.69) is 5.32 Å². The number of hydrogen-bond acceptors (Lipinski definition) is 6. The molecule has 0 fully saturated rings. The summed E-state index contributed by atoms with van der Waals surface area (Å²) in [6, 6.07) is 11.9. The smallest absolute Gasteiger partial charge is 0.293 e. The standard InChI is InChI=1S/C19H19N3O4/c1-12(2)19(14-4-6-17-18(10-14)26-8-7-25-17)21-15-5-3-13(11-20)9-16(15)22(23)24/h3-6,9-10,12,19,21H,7-8H2,1-2H3. The number of nitro benzene ring substituents is 1. The Labute approximate surface area is 151 Å². The number of fused-ring (bicyclic) bond motifs is 1. The fraction of sp³-hybridized carbons (Fsp3) is 0.316. The van der Waals surface area contributed by atoms with E-state index in [1.54, 1.807) is 12.1 Å². The van der Waals surface area contributed by atoms with Crippen LogP contribution in [0.5, 0.6) is 11.5 Å². The molecular weight excluding hydrogens is 334 g/mol. The second kappa shape index (κ2) is 7.31. The first-order chi connectivity index (χ1) is 12.5. The molecule has 1 heterocycles. The van der Waals surface area contributed by atoms with E-state index in [0.717, 1.165) is 5.56 Å². The van der Waals surface area contributed by atoms with Crippen LogP contribution in [-0.4, -0.2) is 18.1 Å². The van der Waals surface area contributed by atoms with E-state index in [-0.39, 0.29) is 23.2 Å². The zero-order chi connectivity index (χ0) is 18.7. The van der Waals surface area contributed by atoms with Crippen LogP contribution < -0.4 is 14.8 Å². The van der Waals surface area contributed by atoms with Crippen LogP contribution in [0.15, 0.2) is 36.4 Å². The maximum atomic E-state index is 11.4. The Morgan fingerprint density at radius 3 is 2.54 bits per heavy atom. The number of ether oxygens (including phenoxy) is 2. The minimum atomic E-state index is -0.482. The van der Waals surface area contributed by atoms with E-state index in [4.69, 9.17) is 14.7 Å². The number of nitriles is 1. The molecule has 0 radical (unpaired) electrons. The Hall–Kier alpha value is -3.27. The van der Waals surface area contributed by atoms with E-state index in [0.29, 0.717) is 30.4 Å². The summed E-state index contributed by atoms with van der Waals surface area (Å²) >= 11 is 0. The molecule has 1 atom stereocenters. The molecule has 1 aliphatic rings. The van der Waals surface area contributed by atoms with Crippen LogP contribution in [-0.2, 0) is 0 Å². The number of hydrogen-bond donors (Lipinski definition) is 1. The van der Waals surface area contributed by atoms with Gasteiger partial charge in [-0.1, -0.05) is 19.9 Å². The lowest BCUT2D eigenvalue weighted by Crippen LogP contribution is -2.19. The molecule has 0 aromatic heterocycles. The lowest BCUT2D eigenvalue weighted by molar-refractivity contribution is -0.384. The maximum Gasteiger partial charge on any atom is 0.293 e. The summed E-state index contributed by atoms with van der Waals surface area (Å²) in [5.74, 6) is 1.54. The van der Waals surface area contributed by atoms with Crippen LogP contribution in [0.3, 0.4) is 0 Å². The Balaban J connectivity index is 1.95. The van der Waals surface area contributed by atoms with Crippen molar-refractivity contribution in [3.05, 3.63) is 57.6 Å². The highest BCUT2D eigenvalue weighted by Gasteiger charge is 2.23. The van der Waals surface area contributed by atoms with Crippen LogP contribution in [0.2, 0.25) is 0 Å². The number of nitro groups is 1. The molecule has 1 aliphatic heterocycles. The number of anilines is 1.